The first-order valence-corrected chi connectivity index (χ1v) is 6.05. The molecule has 1 amide bonds. The number of H-pyrrole nitrogens is 1. The van der Waals surface area contributed by atoms with Gasteiger partial charge in [-0.15, -0.1) is 0 Å². The van der Waals surface area contributed by atoms with Gasteiger partial charge in [-0.3, -0.25) is 9.59 Å². The second-order valence-electron chi connectivity index (χ2n) is 4.63. The van der Waals surface area contributed by atoms with E-state index in [1.165, 1.54) is 6.92 Å². The zero-order valence-electron chi connectivity index (χ0n) is 11.2. The van der Waals surface area contributed by atoms with Gasteiger partial charge >= 0.3 is 0 Å². The summed E-state index contributed by atoms with van der Waals surface area (Å²) in [5.74, 6) is -0.318. The zero-order valence-corrected chi connectivity index (χ0v) is 11.2. The highest BCUT2D eigenvalue weighted by Gasteiger charge is 2.11. The number of carbonyl (C=O) groups excluding carboxylic acids is 2. The number of hydrogen-bond donors (Lipinski definition) is 2. The van der Waals surface area contributed by atoms with Crippen LogP contribution in [-0.4, -0.2) is 16.7 Å². The van der Waals surface area contributed by atoms with Crippen molar-refractivity contribution < 1.29 is 9.59 Å². The number of aromatic amines is 1. The van der Waals surface area contributed by atoms with E-state index in [4.69, 9.17) is 0 Å². The fourth-order valence-electron chi connectivity index (χ4n) is 1.87. The summed E-state index contributed by atoms with van der Waals surface area (Å²) in [5.41, 5.74) is 3.81. The molecule has 0 bridgehead atoms. The largest absolute Gasteiger partial charge is 0.356 e. The maximum absolute atomic E-state index is 12.0. The van der Waals surface area contributed by atoms with Crippen LogP contribution in [0.1, 0.15) is 38.9 Å². The van der Waals surface area contributed by atoms with E-state index in [1.807, 2.05) is 32.0 Å². The lowest BCUT2D eigenvalue weighted by Gasteiger charge is -2.08. The molecule has 1 aromatic heterocycles. The number of amides is 1. The lowest BCUT2D eigenvalue weighted by molar-refractivity contribution is 0.101. The van der Waals surface area contributed by atoms with Gasteiger partial charge in [0.1, 0.15) is 5.69 Å². The molecule has 0 aliphatic heterocycles. The Kier molecular flexibility index (Phi) is 3.51. The monoisotopic (exact) mass is 256 g/mol. The topological polar surface area (TPSA) is 62.0 Å². The molecule has 0 aliphatic carbocycles. The lowest BCUT2D eigenvalue weighted by Crippen LogP contribution is -2.13. The van der Waals surface area contributed by atoms with E-state index >= 15 is 0 Å². The van der Waals surface area contributed by atoms with Crippen LogP contribution in [0, 0.1) is 13.8 Å². The summed E-state index contributed by atoms with van der Waals surface area (Å²) in [6.45, 7) is 5.41. The number of rotatable bonds is 3. The van der Waals surface area contributed by atoms with E-state index in [2.05, 4.69) is 10.3 Å². The van der Waals surface area contributed by atoms with Crippen LogP contribution >= 0.6 is 0 Å². The van der Waals surface area contributed by atoms with Gasteiger partial charge in [0.2, 0.25) is 0 Å². The molecule has 1 aromatic carbocycles. The number of aryl methyl sites for hydroxylation is 2. The maximum Gasteiger partial charge on any atom is 0.272 e. The van der Waals surface area contributed by atoms with Crippen molar-refractivity contribution in [3.8, 4) is 0 Å². The molecule has 1 heterocycles. The van der Waals surface area contributed by atoms with Gasteiger partial charge in [0, 0.05) is 17.4 Å². The van der Waals surface area contributed by atoms with Crippen molar-refractivity contribution in [3.05, 3.63) is 52.8 Å². The standard InChI is InChI=1S/C15H16N2O2/c1-9-4-5-13(10(2)6-9)17-15(19)14-7-12(8-16-14)11(3)18/h4-8,16H,1-3H3,(H,17,19). The Balaban J connectivity index is 2.18. The molecule has 0 fully saturated rings. The van der Waals surface area contributed by atoms with E-state index < -0.39 is 0 Å². The van der Waals surface area contributed by atoms with E-state index in [0.717, 1.165) is 16.8 Å². The number of anilines is 1. The summed E-state index contributed by atoms with van der Waals surface area (Å²) >= 11 is 0. The molecule has 4 nitrogen and oxygen atoms in total. The predicted molar refractivity (Wildman–Crippen MR) is 74.7 cm³/mol. The first kappa shape index (κ1) is 13.1. The second-order valence-corrected chi connectivity index (χ2v) is 4.63. The lowest BCUT2D eigenvalue weighted by atomic mass is 10.1. The van der Waals surface area contributed by atoms with Crippen molar-refractivity contribution in [2.24, 2.45) is 0 Å². The summed E-state index contributed by atoms with van der Waals surface area (Å²) in [7, 11) is 0. The molecule has 2 N–H and O–H groups in total. The third kappa shape index (κ3) is 2.91. The quantitative estimate of drug-likeness (QED) is 0.829. The highest BCUT2D eigenvalue weighted by Crippen LogP contribution is 2.17. The molecule has 0 spiro atoms. The van der Waals surface area contributed by atoms with Crippen molar-refractivity contribution in [1.82, 2.24) is 4.98 Å². The smallest absolute Gasteiger partial charge is 0.272 e. The van der Waals surface area contributed by atoms with Crippen molar-refractivity contribution in [1.29, 1.82) is 0 Å². The van der Waals surface area contributed by atoms with Gasteiger partial charge < -0.3 is 10.3 Å². The maximum atomic E-state index is 12.0. The van der Waals surface area contributed by atoms with Crippen LogP contribution in [-0.2, 0) is 0 Å². The molecule has 0 atom stereocenters. The van der Waals surface area contributed by atoms with Crippen LogP contribution in [0.4, 0.5) is 5.69 Å². The van der Waals surface area contributed by atoms with Crippen LogP contribution in [0.15, 0.2) is 30.5 Å². The first-order chi connectivity index (χ1) is 8.97. The van der Waals surface area contributed by atoms with Crippen molar-refractivity contribution in [2.75, 3.05) is 5.32 Å². The van der Waals surface area contributed by atoms with Crippen molar-refractivity contribution in [2.45, 2.75) is 20.8 Å². The molecule has 2 rings (SSSR count). The number of carbonyl (C=O) groups is 2. The molecular weight excluding hydrogens is 240 g/mol. The van der Waals surface area contributed by atoms with Crippen LogP contribution in [0.2, 0.25) is 0 Å². The Hall–Kier alpha value is -2.36. The van der Waals surface area contributed by atoms with E-state index in [-0.39, 0.29) is 11.7 Å². The third-order valence-electron chi connectivity index (χ3n) is 2.96. The molecule has 2 aromatic rings. The Bertz CT molecular complexity index is 641. The van der Waals surface area contributed by atoms with Gasteiger partial charge in [-0.2, -0.15) is 0 Å². The van der Waals surface area contributed by atoms with E-state index in [0.29, 0.717) is 11.3 Å². The number of benzene rings is 1. The van der Waals surface area contributed by atoms with Crippen molar-refractivity contribution in [3.63, 3.8) is 0 Å². The summed E-state index contributed by atoms with van der Waals surface area (Å²) < 4.78 is 0. The molecule has 98 valence electrons. The number of ketones is 1. The minimum Gasteiger partial charge on any atom is -0.356 e. The van der Waals surface area contributed by atoms with Crippen LogP contribution < -0.4 is 5.32 Å². The van der Waals surface area contributed by atoms with Crippen LogP contribution in [0.25, 0.3) is 0 Å². The van der Waals surface area contributed by atoms with Gasteiger partial charge in [-0.05, 0) is 38.5 Å². The Morgan fingerprint density at radius 1 is 1.16 bits per heavy atom. The zero-order chi connectivity index (χ0) is 14.0. The number of aromatic nitrogens is 1. The first-order valence-electron chi connectivity index (χ1n) is 6.05. The number of Topliss-reactive ketones (excluding diaryl/α,β-unsaturated/α-hetero) is 1. The number of hydrogen-bond acceptors (Lipinski definition) is 2. The fraction of sp³-hybridized carbons (Fsp3) is 0.200. The summed E-state index contributed by atoms with van der Waals surface area (Å²) in [6.07, 6.45) is 1.54. The van der Waals surface area contributed by atoms with Crippen LogP contribution in [0.5, 0.6) is 0 Å². The average molecular weight is 256 g/mol. The van der Waals surface area contributed by atoms with E-state index in [1.54, 1.807) is 12.3 Å². The fourth-order valence-corrected chi connectivity index (χ4v) is 1.87. The van der Waals surface area contributed by atoms with Gasteiger partial charge in [-0.1, -0.05) is 17.7 Å². The van der Waals surface area contributed by atoms with Gasteiger partial charge in [0.05, 0.1) is 0 Å². The van der Waals surface area contributed by atoms with Gasteiger partial charge in [-0.25, -0.2) is 0 Å². The molecule has 0 unspecified atom stereocenters. The predicted octanol–water partition coefficient (Wildman–Crippen LogP) is 3.09. The molecule has 0 radical (unpaired) electrons. The molecule has 19 heavy (non-hydrogen) atoms. The van der Waals surface area contributed by atoms with Gasteiger partial charge in [0.25, 0.3) is 5.91 Å². The summed E-state index contributed by atoms with van der Waals surface area (Å²) in [4.78, 5) is 26.0. The number of nitrogens with one attached hydrogen (secondary N) is 2. The average Bonchev–Trinajstić information content (AvgIpc) is 2.82. The molecular formula is C15H16N2O2. The second kappa shape index (κ2) is 5.10. The van der Waals surface area contributed by atoms with Crippen molar-refractivity contribution >= 4 is 17.4 Å². The highest BCUT2D eigenvalue weighted by molar-refractivity contribution is 6.05. The molecule has 4 heteroatoms. The highest BCUT2D eigenvalue weighted by atomic mass is 16.2. The normalized spacial score (nSPS) is 10.3. The summed E-state index contributed by atoms with van der Waals surface area (Å²) in [5, 5.41) is 2.82. The minimum absolute atomic E-state index is 0.0678. The van der Waals surface area contributed by atoms with Gasteiger partial charge in [0.15, 0.2) is 5.78 Å². The molecule has 0 saturated heterocycles. The SMILES string of the molecule is CC(=O)c1c[nH]c(C(=O)Nc2ccc(C)cc2C)c1. The third-order valence-corrected chi connectivity index (χ3v) is 2.96. The minimum atomic E-state index is -0.251. The summed E-state index contributed by atoms with van der Waals surface area (Å²) in [6, 6.07) is 7.38. The Labute approximate surface area is 111 Å². The molecule has 0 aliphatic rings. The van der Waals surface area contributed by atoms with E-state index in [9.17, 15) is 9.59 Å². The Morgan fingerprint density at radius 2 is 1.89 bits per heavy atom. The van der Waals surface area contributed by atoms with Crippen LogP contribution in [0.3, 0.4) is 0 Å². The molecule has 0 saturated carbocycles. The Morgan fingerprint density at radius 3 is 2.47 bits per heavy atom.